The second kappa shape index (κ2) is 10.2. The van der Waals surface area contributed by atoms with Gasteiger partial charge < -0.3 is 0 Å². The second-order valence-electron chi connectivity index (χ2n) is 6.39. The fraction of sp³-hybridized carbons (Fsp3) is 0.667. The van der Waals surface area contributed by atoms with Gasteiger partial charge in [0.25, 0.3) is 0 Å². The van der Waals surface area contributed by atoms with Gasteiger partial charge in [-0.2, -0.15) is 0 Å². The standard InChI is InChI=1S/C6H4NO2.3C4H9.Sn/c8-7(9)6-4-2-1-3-5-6;3*1-3-4-2;/h2-5H;3*1,3-4H2,2H3;. The number of unbranched alkanes of at least 4 members (excludes halogenated alkanes) is 3. The van der Waals surface area contributed by atoms with Gasteiger partial charge in [0.15, 0.2) is 0 Å². The quantitative estimate of drug-likeness (QED) is 0.268. The van der Waals surface area contributed by atoms with Crippen molar-refractivity contribution in [1.82, 2.24) is 0 Å². The Bertz CT molecular complexity index is 423. The Labute approximate surface area is 139 Å². The van der Waals surface area contributed by atoms with E-state index < -0.39 is 18.4 Å². The van der Waals surface area contributed by atoms with E-state index in [1.54, 1.807) is 12.1 Å². The first kappa shape index (κ1) is 19.5. The van der Waals surface area contributed by atoms with Crippen molar-refractivity contribution in [3.8, 4) is 0 Å². The summed E-state index contributed by atoms with van der Waals surface area (Å²) in [5.41, 5.74) is 0.227. The Balaban J connectivity index is 3.09. The minimum atomic E-state index is -2.40. The van der Waals surface area contributed by atoms with Crippen molar-refractivity contribution < 1.29 is 4.92 Å². The predicted molar refractivity (Wildman–Crippen MR) is 97.6 cm³/mol. The van der Waals surface area contributed by atoms with Gasteiger partial charge in [0.05, 0.1) is 0 Å². The zero-order valence-corrected chi connectivity index (χ0v) is 17.3. The van der Waals surface area contributed by atoms with Crippen LogP contribution in [0.4, 0.5) is 5.69 Å². The monoisotopic (exact) mass is 413 g/mol. The van der Waals surface area contributed by atoms with Gasteiger partial charge in [0.1, 0.15) is 0 Å². The second-order valence-corrected chi connectivity index (χ2v) is 19.6. The molecule has 0 spiro atoms. The third-order valence-electron chi connectivity index (χ3n) is 4.72. The van der Waals surface area contributed by atoms with Crippen LogP contribution in [-0.4, -0.2) is 23.3 Å². The average Bonchev–Trinajstić information content (AvgIpc) is 2.54. The van der Waals surface area contributed by atoms with Gasteiger partial charge in [0, 0.05) is 0 Å². The molecule has 0 fully saturated rings. The molecule has 0 aliphatic carbocycles. The molecule has 1 aromatic rings. The van der Waals surface area contributed by atoms with E-state index in [0.29, 0.717) is 0 Å². The zero-order chi connectivity index (χ0) is 16.4. The van der Waals surface area contributed by atoms with Crippen molar-refractivity contribution in [2.75, 3.05) is 0 Å². The molecule has 0 unspecified atom stereocenters. The molecule has 4 heteroatoms. The number of rotatable bonds is 11. The van der Waals surface area contributed by atoms with Crippen LogP contribution in [0, 0.1) is 10.1 Å². The van der Waals surface area contributed by atoms with Crippen LogP contribution < -0.4 is 3.58 Å². The number of nitro groups is 1. The summed E-state index contributed by atoms with van der Waals surface area (Å²) < 4.78 is 5.73. The molecule has 124 valence electrons. The number of benzene rings is 1. The summed E-state index contributed by atoms with van der Waals surface area (Å²) in [6, 6.07) is 7.64. The van der Waals surface area contributed by atoms with E-state index in [-0.39, 0.29) is 10.6 Å². The molecule has 0 N–H and O–H groups in total. The Morgan fingerprint density at radius 1 is 0.864 bits per heavy atom. The summed E-state index contributed by atoms with van der Waals surface area (Å²) in [6.45, 7) is 6.81. The van der Waals surface area contributed by atoms with Gasteiger partial charge in [-0.3, -0.25) is 0 Å². The first-order chi connectivity index (χ1) is 10.6. The van der Waals surface area contributed by atoms with Gasteiger partial charge in [-0.25, -0.2) is 0 Å². The normalized spacial score (nSPS) is 11.6. The molecule has 0 radical (unpaired) electrons. The number of hydrogen-bond donors (Lipinski definition) is 0. The maximum atomic E-state index is 10.9. The van der Waals surface area contributed by atoms with Crippen molar-refractivity contribution >= 4 is 27.6 Å². The molecule has 0 aliphatic heterocycles. The van der Waals surface area contributed by atoms with Gasteiger partial charge in [-0.05, 0) is 0 Å². The summed E-state index contributed by atoms with van der Waals surface area (Å²) in [5, 5.41) is 10.9. The summed E-state index contributed by atoms with van der Waals surface area (Å²) >= 11 is -2.40. The molecule has 0 aliphatic rings. The van der Waals surface area contributed by atoms with E-state index in [2.05, 4.69) is 32.9 Å². The van der Waals surface area contributed by atoms with Crippen molar-refractivity contribution in [1.29, 1.82) is 0 Å². The van der Waals surface area contributed by atoms with Crippen molar-refractivity contribution in [3.63, 3.8) is 0 Å². The van der Waals surface area contributed by atoms with Crippen LogP contribution in [0.3, 0.4) is 0 Å². The molecule has 1 aromatic carbocycles. The van der Waals surface area contributed by atoms with Crippen molar-refractivity contribution in [2.45, 2.75) is 72.6 Å². The van der Waals surface area contributed by atoms with E-state index in [0.717, 1.165) is 0 Å². The van der Waals surface area contributed by atoms with Gasteiger partial charge in [-0.1, -0.05) is 0 Å². The SMILES string of the molecule is CCC[CH2][Sn]([CH2]CCC)([CH2]CCC)[c]1ccc([N+](=O)[O-])cc1. The fourth-order valence-corrected chi connectivity index (χ4v) is 19.2. The number of non-ortho nitro benzene ring substituents is 1. The maximum absolute atomic E-state index is 10.9. The van der Waals surface area contributed by atoms with Gasteiger partial charge in [0.2, 0.25) is 0 Å². The summed E-state index contributed by atoms with van der Waals surface area (Å²) in [4.78, 5) is 10.6. The van der Waals surface area contributed by atoms with E-state index in [9.17, 15) is 10.1 Å². The molecule has 0 aromatic heterocycles. The Kier molecular flexibility index (Phi) is 9.06. The van der Waals surface area contributed by atoms with Crippen LogP contribution >= 0.6 is 0 Å². The van der Waals surface area contributed by atoms with Crippen LogP contribution in [-0.2, 0) is 0 Å². The Morgan fingerprint density at radius 3 is 1.59 bits per heavy atom. The van der Waals surface area contributed by atoms with Gasteiger partial charge in [-0.15, -0.1) is 0 Å². The molecule has 1 rings (SSSR count). The average molecular weight is 412 g/mol. The summed E-state index contributed by atoms with van der Waals surface area (Å²) in [6.07, 6.45) is 7.72. The van der Waals surface area contributed by atoms with Crippen LogP contribution in [0.2, 0.25) is 13.3 Å². The molecule has 0 heterocycles. The molecule has 3 nitrogen and oxygen atoms in total. The van der Waals surface area contributed by atoms with E-state index in [1.165, 1.54) is 55.4 Å². The number of nitrogens with zero attached hydrogens (tertiary/aromatic N) is 1. The molecular weight excluding hydrogens is 381 g/mol. The first-order valence-corrected chi connectivity index (χ1v) is 16.3. The summed E-state index contributed by atoms with van der Waals surface area (Å²) in [5.74, 6) is 0. The van der Waals surface area contributed by atoms with Crippen molar-refractivity contribution in [2.24, 2.45) is 0 Å². The molecule has 0 saturated carbocycles. The van der Waals surface area contributed by atoms with E-state index in [4.69, 9.17) is 0 Å². The fourth-order valence-electron chi connectivity index (χ4n) is 3.29. The summed E-state index contributed by atoms with van der Waals surface area (Å²) in [7, 11) is 0. The van der Waals surface area contributed by atoms with Crippen LogP contribution in [0.5, 0.6) is 0 Å². The molecular formula is C18H31NO2Sn. The van der Waals surface area contributed by atoms with Crippen molar-refractivity contribution in [3.05, 3.63) is 34.4 Å². The molecule has 0 saturated heterocycles. The Hall–Kier alpha value is -0.581. The minimum absolute atomic E-state index is 0.227. The Morgan fingerprint density at radius 2 is 1.27 bits per heavy atom. The molecule has 0 amide bonds. The van der Waals surface area contributed by atoms with E-state index >= 15 is 0 Å². The molecule has 22 heavy (non-hydrogen) atoms. The molecule has 0 atom stereocenters. The third-order valence-corrected chi connectivity index (χ3v) is 20.4. The third kappa shape index (κ3) is 5.56. The molecule has 0 bridgehead atoms. The predicted octanol–water partition coefficient (Wildman–Crippen LogP) is 5.65. The topological polar surface area (TPSA) is 43.1 Å². The first-order valence-electron chi connectivity index (χ1n) is 8.84. The van der Waals surface area contributed by atoms with Crippen LogP contribution in [0.25, 0.3) is 0 Å². The number of nitro benzene ring substituents is 1. The van der Waals surface area contributed by atoms with Crippen LogP contribution in [0.1, 0.15) is 59.3 Å². The number of hydrogen-bond acceptors (Lipinski definition) is 2. The van der Waals surface area contributed by atoms with Crippen LogP contribution in [0.15, 0.2) is 24.3 Å². The van der Waals surface area contributed by atoms with E-state index in [1.807, 2.05) is 0 Å². The zero-order valence-electron chi connectivity index (χ0n) is 14.4. The van der Waals surface area contributed by atoms with Gasteiger partial charge >= 0.3 is 140 Å².